The zero-order chi connectivity index (χ0) is 20.1. The summed E-state index contributed by atoms with van der Waals surface area (Å²) in [6, 6.07) is 4.99. The van der Waals surface area contributed by atoms with Crippen molar-refractivity contribution in [3.63, 3.8) is 0 Å². The van der Waals surface area contributed by atoms with E-state index in [9.17, 15) is 18.0 Å². The number of halogens is 4. The Morgan fingerprint density at radius 1 is 1.28 bits per heavy atom. The van der Waals surface area contributed by atoms with E-state index in [1.54, 1.807) is 13.2 Å². The summed E-state index contributed by atoms with van der Waals surface area (Å²) in [6.07, 6.45) is -1.21. The third-order valence-electron chi connectivity index (χ3n) is 4.50. The Bertz CT molecular complexity index is 822. The van der Waals surface area contributed by atoms with Crippen LogP contribution in [0.4, 0.5) is 13.2 Å². The lowest BCUT2D eigenvalue weighted by Crippen LogP contribution is -2.33. The van der Waals surface area contributed by atoms with Gasteiger partial charge in [-0.25, -0.2) is 4.68 Å². The number of aromatic nitrogens is 2. The summed E-state index contributed by atoms with van der Waals surface area (Å²) < 4.78 is 45.5. The van der Waals surface area contributed by atoms with Crippen molar-refractivity contribution in [2.75, 3.05) is 33.4 Å². The molecule has 1 amide bonds. The summed E-state index contributed by atoms with van der Waals surface area (Å²) in [5, 5.41) is 10.2. The minimum absolute atomic E-state index is 0. The number of rotatable bonds is 9. The molecule has 2 N–H and O–H groups in total. The minimum atomic E-state index is -4.43. The zero-order valence-electron chi connectivity index (χ0n) is 16.0. The van der Waals surface area contributed by atoms with Gasteiger partial charge in [0.25, 0.3) is 5.91 Å². The van der Waals surface area contributed by atoms with Crippen LogP contribution >= 0.6 is 12.4 Å². The number of methoxy groups -OCH3 is 1. The summed E-state index contributed by atoms with van der Waals surface area (Å²) in [5.41, 5.74) is 0.647. The van der Waals surface area contributed by atoms with Crippen molar-refractivity contribution < 1.29 is 22.7 Å². The summed E-state index contributed by atoms with van der Waals surface area (Å²) in [6.45, 7) is 2.30. The molecule has 3 rings (SSSR count). The van der Waals surface area contributed by atoms with Crippen molar-refractivity contribution in [2.24, 2.45) is 0 Å². The van der Waals surface area contributed by atoms with E-state index in [4.69, 9.17) is 4.74 Å². The lowest BCUT2D eigenvalue weighted by atomic mass is 10.1. The van der Waals surface area contributed by atoms with Gasteiger partial charge in [0, 0.05) is 32.7 Å². The highest BCUT2D eigenvalue weighted by atomic mass is 35.5. The fourth-order valence-electron chi connectivity index (χ4n) is 2.96. The average Bonchev–Trinajstić information content (AvgIpc) is 3.41. The van der Waals surface area contributed by atoms with Gasteiger partial charge >= 0.3 is 6.18 Å². The lowest BCUT2D eigenvalue weighted by Gasteiger charge is -2.12. The van der Waals surface area contributed by atoms with E-state index in [0.29, 0.717) is 43.2 Å². The van der Waals surface area contributed by atoms with Crippen LogP contribution in [0.5, 0.6) is 0 Å². The summed E-state index contributed by atoms with van der Waals surface area (Å²) in [4.78, 5) is 12.6. The van der Waals surface area contributed by atoms with Crippen molar-refractivity contribution in [3.8, 4) is 5.69 Å². The van der Waals surface area contributed by atoms with E-state index in [1.165, 1.54) is 16.9 Å². The smallest absolute Gasteiger partial charge is 0.383 e. The second-order valence-corrected chi connectivity index (χ2v) is 6.68. The standard InChI is InChI=1S/C19H23F3N4O2.ClH/c1-28-10-9-23-7-8-24-18(27)16-12-25-26(17(16)13-5-6-13)15-4-2-3-14(11-15)19(20,21)22;/h2-4,11-13,23H,5-10H2,1H3,(H,24,27);1H. The number of nitrogens with zero attached hydrogens (tertiary/aromatic N) is 2. The number of carbonyl (C=O) groups is 1. The second-order valence-electron chi connectivity index (χ2n) is 6.68. The zero-order valence-corrected chi connectivity index (χ0v) is 16.8. The average molecular weight is 433 g/mol. The van der Waals surface area contributed by atoms with Crippen LogP contribution < -0.4 is 10.6 Å². The molecule has 0 unspecified atom stereocenters. The van der Waals surface area contributed by atoms with Crippen LogP contribution in [-0.4, -0.2) is 49.0 Å². The first-order valence-corrected chi connectivity index (χ1v) is 9.15. The van der Waals surface area contributed by atoms with E-state index < -0.39 is 11.7 Å². The molecule has 0 spiro atoms. The lowest BCUT2D eigenvalue weighted by molar-refractivity contribution is -0.137. The SMILES string of the molecule is COCCNCCNC(=O)c1cnn(-c2cccc(C(F)(F)F)c2)c1C1CC1.Cl. The first-order chi connectivity index (χ1) is 13.4. The van der Waals surface area contributed by atoms with Crippen molar-refractivity contribution in [1.29, 1.82) is 0 Å². The van der Waals surface area contributed by atoms with Crippen molar-refractivity contribution in [1.82, 2.24) is 20.4 Å². The van der Waals surface area contributed by atoms with Gasteiger partial charge in [-0.3, -0.25) is 4.79 Å². The van der Waals surface area contributed by atoms with E-state index in [0.717, 1.165) is 25.0 Å². The number of hydrogen-bond acceptors (Lipinski definition) is 4. The largest absolute Gasteiger partial charge is 0.416 e. The molecule has 1 fully saturated rings. The highest BCUT2D eigenvalue weighted by Crippen LogP contribution is 2.42. The van der Waals surface area contributed by atoms with Crippen LogP contribution in [0, 0.1) is 0 Å². The topological polar surface area (TPSA) is 68.2 Å². The fourth-order valence-corrected chi connectivity index (χ4v) is 2.96. The predicted octanol–water partition coefficient (Wildman–Crippen LogP) is 3.16. The first-order valence-electron chi connectivity index (χ1n) is 9.15. The molecule has 1 aliphatic carbocycles. The van der Waals surface area contributed by atoms with Crippen LogP contribution in [0.15, 0.2) is 30.5 Å². The molecular formula is C19H24ClF3N4O2. The number of amides is 1. The summed E-state index contributed by atoms with van der Waals surface area (Å²) >= 11 is 0. The van der Waals surface area contributed by atoms with Crippen LogP contribution in [0.1, 0.15) is 40.4 Å². The molecule has 0 saturated heterocycles. The normalized spacial score (nSPS) is 13.8. The summed E-state index contributed by atoms with van der Waals surface area (Å²) in [7, 11) is 1.62. The van der Waals surface area contributed by atoms with Crippen molar-refractivity contribution in [3.05, 3.63) is 47.3 Å². The van der Waals surface area contributed by atoms with Crippen LogP contribution in [0.25, 0.3) is 5.69 Å². The maximum atomic E-state index is 13.0. The van der Waals surface area contributed by atoms with E-state index in [-0.39, 0.29) is 24.2 Å². The molecule has 6 nitrogen and oxygen atoms in total. The van der Waals surface area contributed by atoms with Crippen LogP contribution in [-0.2, 0) is 10.9 Å². The molecule has 1 aromatic heterocycles. The Morgan fingerprint density at radius 2 is 2.03 bits per heavy atom. The van der Waals surface area contributed by atoms with Crippen LogP contribution in [0.2, 0.25) is 0 Å². The van der Waals surface area contributed by atoms with Gasteiger partial charge in [-0.2, -0.15) is 18.3 Å². The van der Waals surface area contributed by atoms with Crippen molar-refractivity contribution >= 4 is 18.3 Å². The number of carbonyl (C=O) groups excluding carboxylic acids is 1. The Balaban J connectivity index is 0.00000300. The van der Waals surface area contributed by atoms with E-state index in [1.807, 2.05) is 0 Å². The highest BCUT2D eigenvalue weighted by molar-refractivity contribution is 5.95. The van der Waals surface area contributed by atoms with Gasteiger partial charge in [0.1, 0.15) is 0 Å². The predicted molar refractivity (Wildman–Crippen MR) is 105 cm³/mol. The summed E-state index contributed by atoms with van der Waals surface area (Å²) in [5.74, 6) is -0.133. The second kappa shape index (κ2) is 10.1. The molecule has 1 heterocycles. The Morgan fingerprint density at radius 3 is 2.69 bits per heavy atom. The Hall–Kier alpha value is -2.10. The molecule has 10 heteroatoms. The molecule has 0 bridgehead atoms. The van der Waals surface area contributed by atoms with E-state index in [2.05, 4.69) is 15.7 Å². The number of benzene rings is 1. The molecule has 1 saturated carbocycles. The van der Waals surface area contributed by atoms with Gasteiger partial charge in [0.15, 0.2) is 0 Å². The molecule has 29 heavy (non-hydrogen) atoms. The van der Waals surface area contributed by atoms with Gasteiger partial charge in [-0.05, 0) is 31.0 Å². The van der Waals surface area contributed by atoms with Crippen molar-refractivity contribution in [2.45, 2.75) is 24.9 Å². The van der Waals surface area contributed by atoms with Gasteiger partial charge in [-0.15, -0.1) is 12.4 Å². The number of ether oxygens (including phenoxy) is 1. The Labute approximate surface area is 173 Å². The van der Waals surface area contributed by atoms with Crippen LogP contribution in [0.3, 0.4) is 0 Å². The van der Waals surface area contributed by atoms with Gasteiger partial charge < -0.3 is 15.4 Å². The molecule has 1 aromatic carbocycles. The fraction of sp³-hybridized carbons (Fsp3) is 0.474. The van der Waals surface area contributed by atoms with Gasteiger partial charge in [0.2, 0.25) is 0 Å². The number of nitrogens with one attached hydrogen (secondary N) is 2. The quantitative estimate of drug-likeness (QED) is 0.597. The molecule has 2 aromatic rings. The molecule has 160 valence electrons. The molecule has 1 aliphatic rings. The molecular weight excluding hydrogens is 409 g/mol. The molecule has 0 aliphatic heterocycles. The van der Waals surface area contributed by atoms with E-state index >= 15 is 0 Å². The third-order valence-corrected chi connectivity index (χ3v) is 4.50. The number of alkyl halides is 3. The highest BCUT2D eigenvalue weighted by Gasteiger charge is 2.34. The maximum Gasteiger partial charge on any atom is 0.416 e. The Kier molecular flexibility index (Phi) is 8.06. The van der Waals surface area contributed by atoms with Gasteiger partial charge in [-0.1, -0.05) is 6.07 Å². The first kappa shape index (κ1) is 23.2. The maximum absolute atomic E-state index is 13.0. The minimum Gasteiger partial charge on any atom is -0.383 e. The number of hydrogen-bond donors (Lipinski definition) is 2. The molecule has 0 atom stereocenters. The molecule has 0 radical (unpaired) electrons. The monoisotopic (exact) mass is 432 g/mol. The van der Waals surface area contributed by atoms with Gasteiger partial charge in [0.05, 0.1) is 35.3 Å². The third kappa shape index (κ3) is 5.94.